The Morgan fingerprint density at radius 2 is 2.06 bits per heavy atom. The minimum Gasteiger partial charge on any atom is -0.260 e. The zero-order valence-electron chi connectivity index (χ0n) is 10.3. The van der Waals surface area contributed by atoms with Crippen molar-refractivity contribution in [2.45, 2.75) is 32.9 Å². The fourth-order valence-corrected chi connectivity index (χ4v) is 1.51. The first-order valence-electron chi connectivity index (χ1n) is 5.41. The molecule has 2 nitrogen and oxygen atoms in total. The van der Waals surface area contributed by atoms with Crippen molar-refractivity contribution in [2.24, 2.45) is 0 Å². The summed E-state index contributed by atoms with van der Waals surface area (Å²) in [5.74, 6) is -0.0830. The molecule has 5 heteroatoms. The summed E-state index contributed by atoms with van der Waals surface area (Å²) < 4.78 is 38.9. The van der Waals surface area contributed by atoms with Crippen LogP contribution in [0.4, 0.5) is 13.2 Å². The lowest BCUT2D eigenvalue weighted by atomic mass is 9.99. The van der Waals surface area contributed by atoms with Crippen LogP contribution in [0.2, 0.25) is 0 Å². The number of allylic oxidation sites excluding steroid dienone is 2. The molecule has 1 heterocycles. The molecule has 0 aromatic carbocycles. The molecule has 96 valence electrons. The van der Waals surface area contributed by atoms with Crippen LogP contribution in [0.5, 0.6) is 0 Å². The van der Waals surface area contributed by atoms with E-state index in [1.54, 1.807) is 19.9 Å². The largest absolute Gasteiger partial charge is 0.417 e. The predicted molar refractivity (Wildman–Crippen MR) is 62.6 cm³/mol. The highest BCUT2D eigenvalue weighted by Crippen LogP contribution is 2.35. The zero-order valence-corrected chi connectivity index (χ0v) is 10.3. The van der Waals surface area contributed by atoms with E-state index in [2.05, 4.69) is 4.98 Å². The van der Waals surface area contributed by atoms with Crippen LogP contribution in [0.3, 0.4) is 0 Å². The minimum atomic E-state index is -4.45. The number of aromatic nitrogens is 1. The van der Waals surface area contributed by atoms with E-state index in [1.165, 1.54) is 13.1 Å². The Balaban J connectivity index is 3.45. The topological polar surface area (TPSA) is 36.7 Å². The van der Waals surface area contributed by atoms with Crippen molar-refractivity contribution in [3.8, 4) is 6.07 Å². The highest BCUT2D eigenvalue weighted by molar-refractivity contribution is 5.68. The SMILES string of the molecule is C/C(=C/C#N)c1cnc(C(C)C)cc1C(F)(F)F. The predicted octanol–water partition coefficient (Wildman–Crippen LogP) is 4.15. The van der Waals surface area contributed by atoms with Gasteiger partial charge in [0.05, 0.1) is 11.6 Å². The van der Waals surface area contributed by atoms with Gasteiger partial charge in [0.15, 0.2) is 0 Å². The maximum absolute atomic E-state index is 13.0. The van der Waals surface area contributed by atoms with E-state index in [0.29, 0.717) is 5.69 Å². The normalized spacial score (nSPS) is 12.7. The molecular weight excluding hydrogens is 241 g/mol. The van der Waals surface area contributed by atoms with Gasteiger partial charge in [-0.05, 0) is 24.5 Å². The molecule has 0 saturated heterocycles. The molecule has 0 amide bonds. The number of rotatable bonds is 2. The summed E-state index contributed by atoms with van der Waals surface area (Å²) in [5.41, 5.74) is -0.151. The van der Waals surface area contributed by atoms with E-state index >= 15 is 0 Å². The minimum absolute atomic E-state index is 0.0477. The summed E-state index contributed by atoms with van der Waals surface area (Å²) in [5, 5.41) is 8.51. The second kappa shape index (κ2) is 5.21. The van der Waals surface area contributed by atoms with Crippen LogP contribution in [-0.4, -0.2) is 4.98 Å². The maximum atomic E-state index is 13.0. The van der Waals surface area contributed by atoms with Crippen LogP contribution in [0.15, 0.2) is 18.3 Å². The molecule has 0 atom stereocenters. The average Bonchev–Trinajstić information content (AvgIpc) is 2.27. The average molecular weight is 254 g/mol. The van der Waals surface area contributed by atoms with Crippen molar-refractivity contribution in [3.63, 3.8) is 0 Å². The number of hydrogen-bond acceptors (Lipinski definition) is 2. The lowest BCUT2D eigenvalue weighted by molar-refractivity contribution is -0.137. The second-order valence-corrected chi connectivity index (χ2v) is 4.26. The third-order valence-electron chi connectivity index (χ3n) is 2.53. The monoisotopic (exact) mass is 254 g/mol. The smallest absolute Gasteiger partial charge is 0.260 e. The van der Waals surface area contributed by atoms with Crippen LogP contribution >= 0.6 is 0 Å². The Kier molecular flexibility index (Phi) is 4.12. The Bertz CT molecular complexity index is 508. The fraction of sp³-hybridized carbons (Fsp3) is 0.385. The standard InChI is InChI=1S/C13H13F3N2/c1-8(2)12-6-11(13(14,15)16)10(7-18-12)9(3)4-5-17/h4,6-8H,1-3H3/b9-4-. The number of nitriles is 1. The third kappa shape index (κ3) is 3.10. The molecule has 1 aromatic heterocycles. The van der Waals surface area contributed by atoms with Gasteiger partial charge in [-0.15, -0.1) is 0 Å². The molecular formula is C13H13F3N2. The molecule has 18 heavy (non-hydrogen) atoms. The van der Waals surface area contributed by atoms with Gasteiger partial charge in [0.25, 0.3) is 0 Å². The summed E-state index contributed by atoms with van der Waals surface area (Å²) in [6, 6.07) is 2.78. The molecule has 0 bridgehead atoms. The maximum Gasteiger partial charge on any atom is 0.417 e. The first kappa shape index (κ1) is 14.2. The van der Waals surface area contributed by atoms with Gasteiger partial charge in [-0.2, -0.15) is 18.4 Å². The van der Waals surface area contributed by atoms with Gasteiger partial charge in [-0.25, -0.2) is 0 Å². The molecule has 0 unspecified atom stereocenters. The lowest BCUT2D eigenvalue weighted by Gasteiger charge is -2.15. The number of nitrogens with zero attached hydrogens (tertiary/aromatic N) is 2. The highest BCUT2D eigenvalue weighted by Gasteiger charge is 2.34. The van der Waals surface area contributed by atoms with Crippen molar-refractivity contribution in [1.29, 1.82) is 5.26 Å². The van der Waals surface area contributed by atoms with Crippen molar-refractivity contribution >= 4 is 5.57 Å². The quantitative estimate of drug-likeness (QED) is 0.743. The summed E-state index contributed by atoms with van der Waals surface area (Å²) in [6.45, 7) is 5.02. The Morgan fingerprint density at radius 1 is 1.44 bits per heavy atom. The second-order valence-electron chi connectivity index (χ2n) is 4.26. The Morgan fingerprint density at radius 3 is 2.50 bits per heavy atom. The molecule has 0 aliphatic heterocycles. The van der Waals surface area contributed by atoms with Gasteiger partial charge in [0.2, 0.25) is 0 Å². The summed E-state index contributed by atoms with van der Waals surface area (Å²) in [7, 11) is 0. The van der Waals surface area contributed by atoms with Crippen LogP contribution in [0.25, 0.3) is 5.57 Å². The first-order chi connectivity index (χ1) is 8.27. The molecule has 0 saturated carbocycles. The van der Waals surface area contributed by atoms with Gasteiger partial charge >= 0.3 is 6.18 Å². The number of hydrogen-bond donors (Lipinski definition) is 0. The van der Waals surface area contributed by atoms with Gasteiger partial charge in [0, 0.05) is 23.5 Å². The molecule has 0 aliphatic carbocycles. The van der Waals surface area contributed by atoms with Crippen molar-refractivity contribution < 1.29 is 13.2 Å². The molecule has 0 fully saturated rings. The molecule has 0 N–H and O–H groups in total. The van der Waals surface area contributed by atoms with E-state index in [-0.39, 0.29) is 17.1 Å². The number of alkyl halides is 3. The van der Waals surface area contributed by atoms with E-state index < -0.39 is 11.7 Å². The lowest BCUT2D eigenvalue weighted by Crippen LogP contribution is -2.11. The fourth-order valence-electron chi connectivity index (χ4n) is 1.51. The van der Waals surface area contributed by atoms with Crippen LogP contribution < -0.4 is 0 Å². The number of halogens is 3. The zero-order chi connectivity index (χ0) is 13.9. The van der Waals surface area contributed by atoms with Crippen LogP contribution in [0.1, 0.15) is 43.5 Å². The first-order valence-corrected chi connectivity index (χ1v) is 5.41. The molecule has 1 rings (SSSR count). The van der Waals surface area contributed by atoms with Crippen LogP contribution in [0, 0.1) is 11.3 Å². The van der Waals surface area contributed by atoms with Crippen molar-refractivity contribution in [1.82, 2.24) is 4.98 Å². The van der Waals surface area contributed by atoms with E-state index in [4.69, 9.17) is 5.26 Å². The Hall–Kier alpha value is -1.83. The van der Waals surface area contributed by atoms with Crippen molar-refractivity contribution in [3.05, 3.63) is 35.2 Å². The number of pyridine rings is 1. The van der Waals surface area contributed by atoms with Gasteiger partial charge in [-0.3, -0.25) is 4.98 Å². The van der Waals surface area contributed by atoms with Crippen molar-refractivity contribution in [2.75, 3.05) is 0 Å². The highest BCUT2D eigenvalue weighted by atomic mass is 19.4. The van der Waals surface area contributed by atoms with Gasteiger partial charge < -0.3 is 0 Å². The summed E-state index contributed by atoms with van der Waals surface area (Å²) in [6.07, 6.45) is -2.19. The van der Waals surface area contributed by atoms with E-state index in [1.807, 2.05) is 0 Å². The van der Waals surface area contributed by atoms with E-state index in [0.717, 1.165) is 12.1 Å². The van der Waals surface area contributed by atoms with Gasteiger partial charge in [0.1, 0.15) is 0 Å². The Labute approximate surface area is 104 Å². The van der Waals surface area contributed by atoms with E-state index in [9.17, 15) is 13.2 Å². The molecule has 0 aliphatic rings. The molecule has 0 radical (unpaired) electrons. The summed E-state index contributed by atoms with van der Waals surface area (Å²) >= 11 is 0. The van der Waals surface area contributed by atoms with Gasteiger partial charge in [-0.1, -0.05) is 13.8 Å². The molecule has 1 aromatic rings. The molecule has 0 spiro atoms. The summed E-state index contributed by atoms with van der Waals surface area (Å²) in [4.78, 5) is 4.01. The van der Waals surface area contributed by atoms with Crippen LogP contribution in [-0.2, 0) is 6.18 Å². The third-order valence-corrected chi connectivity index (χ3v) is 2.53.